The molecule has 0 aliphatic heterocycles. The van der Waals surface area contributed by atoms with Crippen molar-refractivity contribution in [1.82, 2.24) is 5.32 Å². The highest BCUT2D eigenvalue weighted by Gasteiger charge is 2.15. The first kappa shape index (κ1) is 19.8. The number of hydrogen-bond donors (Lipinski definition) is 2. The van der Waals surface area contributed by atoms with Crippen LogP contribution in [-0.2, 0) is 16.0 Å². The van der Waals surface area contributed by atoms with Crippen LogP contribution >= 0.6 is 11.6 Å². The molecule has 5 nitrogen and oxygen atoms in total. The molecule has 1 atom stereocenters. The monoisotopic (exact) mass is 374 g/mol. The lowest BCUT2D eigenvalue weighted by atomic mass is 10.1. The van der Waals surface area contributed by atoms with E-state index >= 15 is 0 Å². The Labute approximate surface area is 158 Å². The topological polar surface area (TPSA) is 67.4 Å². The molecular formula is C20H23ClN2O3. The summed E-state index contributed by atoms with van der Waals surface area (Å²) in [5.41, 5.74) is 1.52. The van der Waals surface area contributed by atoms with E-state index < -0.39 is 6.10 Å². The van der Waals surface area contributed by atoms with E-state index in [1.165, 1.54) is 0 Å². The molecule has 0 radical (unpaired) electrons. The van der Waals surface area contributed by atoms with Gasteiger partial charge in [-0.2, -0.15) is 0 Å². The Balaban J connectivity index is 1.89. The number of carbonyl (C=O) groups is 2. The van der Waals surface area contributed by atoms with Crippen LogP contribution in [0.4, 0.5) is 5.69 Å². The first-order valence-corrected chi connectivity index (χ1v) is 8.82. The highest BCUT2D eigenvalue weighted by atomic mass is 35.5. The third-order valence-corrected chi connectivity index (χ3v) is 3.75. The molecule has 0 heterocycles. The van der Waals surface area contributed by atoms with E-state index in [4.69, 9.17) is 16.3 Å². The predicted molar refractivity (Wildman–Crippen MR) is 104 cm³/mol. The molecule has 26 heavy (non-hydrogen) atoms. The summed E-state index contributed by atoms with van der Waals surface area (Å²) in [4.78, 5) is 24.0. The van der Waals surface area contributed by atoms with E-state index in [0.29, 0.717) is 22.9 Å². The molecule has 2 aromatic rings. The van der Waals surface area contributed by atoms with Gasteiger partial charge in [0.25, 0.3) is 5.91 Å². The van der Waals surface area contributed by atoms with Crippen LogP contribution in [0.15, 0.2) is 48.5 Å². The molecule has 2 rings (SSSR count). The lowest BCUT2D eigenvalue weighted by Crippen LogP contribution is -2.31. The maximum absolute atomic E-state index is 12.3. The van der Waals surface area contributed by atoms with Crippen LogP contribution in [0.25, 0.3) is 0 Å². The van der Waals surface area contributed by atoms with Crippen LogP contribution in [0.5, 0.6) is 5.75 Å². The van der Waals surface area contributed by atoms with E-state index in [-0.39, 0.29) is 17.9 Å². The number of carbonyl (C=O) groups excluding carboxylic acids is 2. The number of ether oxygens (including phenoxy) is 1. The van der Waals surface area contributed by atoms with E-state index in [1.54, 1.807) is 43.3 Å². The summed E-state index contributed by atoms with van der Waals surface area (Å²) in [6.07, 6.45) is -0.370. The number of benzene rings is 2. The minimum atomic E-state index is -0.676. The molecule has 0 fully saturated rings. The summed E-state index contributed by atoms with van der Waals surface area (Å²) in [7, 11) is 0. The Morgan fingerprint density at radius 2 is 1.77 bits per heavy atom. The molecule has 138 valence electrons. The van der Waals surface area contributed by atoms with Crippen molar-refractivity contribution in [2.75, 3.05) is 5.32 Å². The lowest BCUT2D eigenvalue weighted by Gasteiger charge is -2.15. The Morgan fingerprint density at radius 3 is 2.38 bits per heavy atom. The molecule has 0 bridgehead atoms. The summed E-state index contributed by atoms with van der Waals surface area (Å²) < 4.78 is 5.59. The molecule has 0 saturated carbocycles. The maximum Gasteiger partial charge on any atom is 0.265 e. The van der Waals surface area contributed by atoms with Gasteiger partial charge in [-0.15, -0.1) is 0 Å². The maximum atomic E-state index is 12.3. The van der Waals surface area contributed by atoms with Crippen molar-refractivity contribution in [2.45, 2.75) is 39.3 Å². The zero-order chi connectivity index (χ0) is 19.1. The van der Waals surface area contributed by atoms with Gasteiger partial charge >= 0.3 is 0 Å². The zero-order valence-electron chi connectivity index (χ0n) is 15.1. The highest BCUT2D eigenvalue weighted by molar-refractivity contribution is 6.30. The SMILES string of the molecule is CC(C)NC(=O)Cc1ccc(NC(=O)C(C)Oc2cccc(Cl)c2)cc1. The van der Waals surface area contributed by atoms with Crippen molar-refractivity contribution in [3.05, 3.63) is 59.1 Å². The molecule has 2 aromatic carbocycles. The number of amides is 2. The number of anilines is 1. The minimum absolute atomic E-state index is 0.0275. The van der Waals surface area contributed by atoms with Crippen molar-refractivity contribution in [1.29, 1.82) is 0 Å². The van der Waals surface area contributed by atoms with Gasteiger partial charge < -0.3 is 15.4 Å². The molecule has 0 aromatic heterocycles. The summed E-state index contributed by atoms with van der Waals surface area (Å²) in [6, 6.07) is 14.2. The van der Waals surface area contributed by atoms with Crippen molar-refractivity contribution < 1.29 is 14.3 Å². The van der Waals surface area contributed by atoms with Gasteiger partial charge in [0.15, 0.2) is 6.10 Å². The van der Waals surface area contributed by atoms with E-state index in [1.807, 2.05) is 26.0 Å². The van der Waals surface area contributed by atoms with Gasteiger partial charge in [0.1, 0.15) is 5.75 Å². The van der Waals surface area contributed by atoms with Gasteiger partial charge in [0.2, 0.25) is 5.91 Å². The second-order valence-electron chi connectivity index (χ2n) is 6.30. The molecule has 1 unspecified atom stereocenters. The number of nitrogens with one attached hydrogen (secondary N) is 2. The predicted octanol–water partition coefficient (Wildman–Crippen LogP) is 3.81. The summed E-state index contributed by atoms with van der Waals surface area (Å²) in [6.45, 7) is 5.51. The average Bonchev–Trinajstić information content (AvgIpc) is 2.55. The fourth-order valence-corrected chi connectivity index (χ4v) is 2.49. The summed E-state index contributed by atoms with van der Waals surface area (Å²) in [5.74, 6) is 0.238. The third kappa shape index (κ3) is 6.41. The van der Waals surface area contributed by atoms with E-state index in [0.717, 1.165) is 5.56 Å². The largest absolute Gasteiger partial charge is 0.481 e. The summed E-state index contributed by atoms with van der Waals surface area (Å²) in [5, 5.41) is 6.19. The number of halogens is 1. The number of hydrogen-bond acceptors (Lipinski definition) is 3. The zero-order valence-corrected chi connectivity index (χ0v) is 15.8. The van der Waals surface area contributed by atoms with Gasteiger partial charge in [0, 0.05) is 16.8 Å². The van der Waals surface area contributed by atoms with Crippen LogP contribution in [0.3, 0.4) is 0 Å². The molecular weight excluding hydrogens is 352 g/mol. The van der Waals surface area contributed by atoms with Gasteiger partial charge in [-0.1, -0.05) is 29.8 Å². The van der Waals surface area contributed by atoms with Crippen LogP contribution in [0.1, 0.15) is 26.3 Å². The smallest absolute Gasteiger partial charge is 0.265 e. The Hall–Kier alpha value is -2.53. The molecule has 2 amide bonds. The van der Waals surface area contributed by atoms with Crippen molar-refractivity contribution in [3.8, 4) is 5.75 Å². The van der Waals surface area contributed by atoms with Crippen LogP contribution < -0.4 is 15.4 Å². The molecule has 0 spiro atoms. The first-order valence-electron chi connectivity index (χ1n) is 8.45. The van der Waals surface area contributed by atoms with Gasteiger partial charge in [0.05, 0.1) is 6.42 Å². The fraction of sp³-hybridized carbons (Fsp3) is 0.300. The molecule has 0 aliphatic rings. The van der Waals surface area contributed by atoms with Crippen molar-refractivity contribution in [3.63, 3.8) is 0 Å². The van der Waals surface area contributed by atoms with Crippen LogP contribution in [-0.4, -0.2) is 24.0 Å². The Kier molecular flexibility index (Phi) is 7.04. The molecule has 2 N–H and O–H groups in total. The van der Waals surface area contributed by atoms with Gasteiger partial charge in [-0.25, -0.2) is 0 Å². The molecule has 6 heteroatoms. The quantitative estimate of drug-likeness (QED) is 0.774. The highest BCUT2D eigenvalue weighted by Crippen LogP contribution is 2.19. The summed E-state index contributed by atoms with van der Waals surface area (Å²) >= 11 is 5.91. The van der Waals surface area contributed by atoms with Crippen molar-refractivity contribution in [2.24, 2.45) is 0 Å². The average molecular weight is 375 g/mol. The third-order valence-electron chi connectivity index (χ3n) is 3.51. The minimum Gasteiger partial charge on any atom is -0.481 e. The van der Waals surface area contributed by atoms with Crippen molar-refractivity contribution >= 4 is 29.1 Å². The molecule has 0 aliphatic carbocycles. The Morgan fingerprint density at radius 1 is 1.08 bits per heavy atom. The second kappa shape index (κ2) is 9.25. The van der Waals surface area contributed by atoms with E-state index in [2.05, 4.69) is 10.6 Å². The first-order chi connectivity index (χ1) is 12.3. The van der Waals surface area contributed by atoms with Crippen LogP contribution in [0.2, 0.25) is 5.02 Å². The normalized spacial score (nSPS) is 11.7. The Bertz CT molecular complexity index is 760. The van der Waals surface area contributed by atoms with Crippen LogP contribution in [0, 0.1) is 0 Å². The lowest BCUT2D eigenvalue weighted by molar-refractivity contribution is -0.122. The standard InChI is InChI=1S/C20H23ClN2O3/c1-13(2)22-19(24)11-15-7-9-17(10-8-15)23-20(25)14(3)26-18-6-4-5-16(21)12-18/h4-10,12-14H,11H2,1-3H3,(H,22,24)(H,23,25). The fourth-order valence-electron chi connectivity index (χ4n) is 2.31. The second-order valence-corrected chi connectivity index (χ2v) is 6.74. The van der Waals surface area contributed by atoms with Gasteiger partial charge in [-0.05, 0) is 56.7 Å². The molecule has 0 saturated heterocycles. The van der Waals surface area contributed by atoms with E-state index in [9.17, 15) is 9.59 Å². The van der Waals surface area contributed by atoms with Gasteiger partial charge in [-0.3, -0.25) is 9.59 Å². The number of rotatable bonds is 7.